The highest BCUT2D eigenvalue weighted by atomic mass is 32.2. The Kier molecular flexibility index (Phi) is 7.21. The van der Waals surface area contributed by atoms with Crippen LogP contribution >= 0.6 is 23.1 Å². The van der Waals surface area contributed by atoms with Gasteiger partial charge in [0.1, 0.15) is 0 Å². The second-order valence-corrected chi connectivity index (χ2v) is 9.21. The highest BCUT2D eigenvalue weighted by Gasteiger charge is 2.29. The van der Waals surface area contributed by atoms with E-state index in [0.29, 0.717) is 4.75 Å². The molecule has 0 bridgehead atoms. The number of hydrogen-bond donors (Lipinski definition) is 2. The van der Waals surface area contributed by atoms with Crippen molar-refractivity contribution in [2.24, 2.45) is 4.99 Å². The number of thioether (sulfide) groups is 1. The van der Waals surface area contributed by atoms with Crippen LogP contribution in [0.25, 0.3) is 0 Å². The Morgan fingerprint density at radius 2 is 2.17 bits per heavy atom. The van der Waals surface area contributed by atoms with E-state index in [9.17, 15) is 0 Å². The van der Waals surface area contributed by atoms with E-state index in [2.05, 4.69) is 50.1 Å². The Labute approximate surface area is 149 Å². The van der Waals surface area contributed by atoms with Crippen LogP contribution in [0.4, 0.5) is 0 Å². The molecule has 6 heteroatoms. The molecule has 23 heavy (non-hydrogen) atoms. The molecule has 1 aromatic heterocycles. The lowest BCUT2D eigenvalue weighted by Gasteiger charge is -2.21. The van der Waals surface area contributed by atoms with Crippen molar-refractivity contribution in [1.29, 1.82) is 0 Å². The van der Waals surface area contributed by atoms with Gasteiger partial charge in [-0.05, 0) is 45.8 Å². The number of aromatic nitrogens is 1. The maximum Gasteiger partial charge on any atom is 0.191 e. The fourth-order valence-corrected chi connectivity index (χ4v) is 5.01. The van der Waals surface area contributed by atoms with E-state index < -0.39 is 0 Å². The van der Waals surface area contributed by atoms with E-state index in [0.717, 1.165) is 38.4 Å². The van der Waals surface area contributed by atoms with Gasteiger partial charge in [0.2, 0.25) is 0 Å². The average Bonchev–Trinajstić information content (AvgIpc) is 3.11. The minimum atomic E-state index is 0.324. The van der Waals surface area contributed by atoms with Crippen molar-refractivity contribution >= 4 is 29.1 Å². The summed E-state index contributed by atoms with van der Waals surface area (Å²) in [5.41, 5.74) is 1.25. The summed E-state index contributed by atoms with van der Waals surface area (Å²) < 4.78 is 0.324. The molecule has 1 atom stereocenters. The largest absolute Gasteiger partial charge is 0.357 e. The molecule has 1 unspecified atom stereocenters. The highest BCUT2D eigenvalue weighted by molar-refractivity contribution is 8.00. The van der Waals surface area contributed by atoms with Gasteiger partial charge in [-0.2, -0.15) is 11.8 Å². The van der Waals surface area contributed by atoms with Crippen LogP contribution < -0.4 is 10.6 Å². The molecule has 1 aliphatic rings. The first kappa shape index (κ1) is 18.6. The van der Waals surface area contributed by atoms with Crippen molar-refractivity contribution < 1.29 is 0 Å². The first-order chi connectivity index (χ1) is 11.1. The molecular weight excluding hydrogens is 324 g/mol. The number of guanidine groups is 1. The van der Waals surface area contributed by atoms with Gasteiger partial charge in [-0.15, -0.1) is 11.3 Å². The van der Waals surface area contributed by atoms with Crippen molar-refractivity contribution in [2.45, 2.75) is 58.1 Å². The second-order valence-electron chi connectivity index (χ2n) is 6.24. The van der Waals surface area contributed by atoms with Crippen LogP contribution in [-0.4, -0.2) is 41.1 Å². The third kappa shape index (κ3) is 5.68. The number of thiazole rings is 1. The van der Waals surface area contributed by atoms with Crippen molar-refractivity contribution in [3.8, 4) is 0 Å². The van der Waals surface area contributed by atoms with E-state index in [1.807, 2.05) is 11.3 Å². The quantitative estimate of drug-likeness (QED) is 0.582. The van der Waals surface area contributed by atoms with Crippen LogP contribution in [0.15, 0.2) is 4.99 Å². The molecule has 1 aromatic rings. The molecule has 0 aliphatic carbocycles. The lowest BCUT2D eigenvalue weighted by molar-refractivity contribution is 0.614. The first-order valence-corrected chi connectivity index (χ1v) is 10.5. The molecule has 130 valence electrons. The van der Waals surface area contributed by atoms with Crippen LogP contribution in [0.3, 0.4) is 0 Å². The maximum atomic E-state index is 4.79. The number of nitrogens with one attached hydrogen (secondary N) is 2. The number of rotatable bonds is 7. The predicted octanol–water partition coefficient (Wildman–Crippen LogP) is 3.40. The molecule has 1 saturated heterocycles. The molecule has 0 aromatic carbocycles. The maximum absolute atomic E-state index is 4.79. The Bertz CT molecular complexity index is 519. The van der Waals surface area contributed by atoms with Crippen LogP contribution in [-0.2, 0) is 12.8 Å². The minimum absolute atomic E-state index is 0.324. The van der Waals surface area contributed by atoms with Gasteiger partial charge in [-0.25, -0.2) is 4.98 Å². The molecule has 2 heterocycles. The van der Waals surface area contributed by atoms with E-state index in [1.54, 1.807) is 0 Å². The summed E-state index contributed by atoms with van der Waals surface area (Å²) in [6.45, 7) is 11.4. The van der Waals surface area contributed by atoms with E-state index in [1.165, 1.54) is 34.2 Å². The van der Waals surface area contributed by atoms with Crippen LogP contribution in [0.1, 0.15) is 49.2 Å². The summed E-state index contributed by atoms with van der Waals surface area (Å²) in [5.74, 6) is 2.21. The molecule has 0 spiro atoms. The Morgan fingerprint density at radius 1 is 1.35 bits per heavy atom. The number of aliphatic imine (C=N–C) groups is 1. The molecular formula is C17H30N4S2. The Balaban J connectivity index is 1.83. The zero-order valence-corrected chi connectivity index (χ0v) is 16.5. The average molecular weight is 355 g/mol. The first-order valence-electron chi connectivity index (χ1n) is 8.67. The minimum Gasteiger partial charge on any atom is -0.357 e. The van der Waals surface area contributed by atoms with Crippen molar-refractivity contribution in [2.75, 3.05) is 25.4 Å². The van der Waals surface area contributed by atoms with Gasteiger partial charge >= 0.3 is 0 Å². The lowest BCUT2D eigenvalue weighted by atomic mass is 10.1. The molecule has 0 amide bonds. The fraction of sp³-hybridized carbons (Fsp3) is 0.765. The summed E-state index contributed by atoms with van der Waals surface area (Å²) in [4.78, 5) is 10.9. The van der Waals surface area contributed by atoms with Gasteiger partial charge in [0.05, 0.1) is 17.2 Å². The van der Waals surface area contributed by atoms with E-state index in [-0.39, 0.29) is 0 Å². The summed E-state index contributed by atoms with van der Waals surface area (Å²) in [6, 6.07) is 0. The molecule has 2 N–H and O–H groups in total. The topological polar surface area (TPSA) is 49.3 Å². The van der Waals surface area contributed by atoms with E-state index >= 15 is 0 Å². The summed E-state index contributed by atoms with van der Waals surface area (Å²) >= 11 is 3.88. The van der Waals surface area contributed by atoms with Crippen LogP contribution in [0.2, 0.25) is 0 Å². The van der Waals surface area contributed by atoms with Gasteiger partial charge in [0.25, 0.3) is 0 Å². The summed E-state index contributed by atoms with van der Waals surface area (Å²) in [7, 11) is 0. The van der Waals surface area contributed by atoms with Crippen LogP contribution in [0.5, 0.6) is 0 Å². The normalized spacial score (nSPS) is 21.7. The molecule has 2 rings (SSSR count). The predicted molar refractivity (Wildman–Crippen MR) is 104 cm³/mol. The van der Waals surface area contributed by atoms with Crippen LogP contribution in [0, 0.1) is 6.92 Å². The van der Waals surface area contributed by atoms with Crippen molar-refractivity contribution in [3.05, 3.63) is 15.6 Å². The zero-order valence-electron chi connectivity index (χ0n) is 14.9. The smallest absolute Gasteiger partial charge is 0.191 e. The molecule has 1 aliphatic heterocycles. The Hall–Kier alpha value is -0.750. The third-order valence-corrected chi connectivity index (χ3v) is 6.72. The third-order valence-electron chi connectivity index (χ3n) is 4.12. The van der Waals surface area contributed by atoms with Gasteiger partial charge in [0, 0.05) is 29.1 Å². The number of hydrogen-bond acceptors (Lipinski definition) is 4. The number of nitrogens with zero attached hydrogens (tertiary/aromatic N) is 2. The van der Waals surface area contributed by atoms with Gasteiger partial charge < -0.3 is 10.6 Å². The highest BCUT2D eigenvalue weighted by Crippen LogP contribution is 2.37. The molecule has 4 nitrogen and oxygen atoms in total. The monoisotopic (exact) mass is 354 g/mol. The number of aryl methyl sites for hydroxylation is 2. The van der Waals surface area contributed by atoms with Gasteiger partial charge in [0.15, 0.2) is 5.96 Å². The molecule has 1 fully saturated rings. The summed E-state index contributed by atoms with van der Waals surface area (Å²) in [6.07, 6.45) is 4.58. The van der Waals surface area contributed by atoms with E-state index in [4.69, 9.17) is 9.98 Å². The molecule has 0 radical (unpaired) electrons. The SMILES string of the molecule is CCNC(=NCC1(C)CCCS1)NCCc1nc(CC)c(C)s1. The fourth-order valence-electron chi connectivity index (χ4n) is 2.76. The molecule has 0 saturated carbocycles. The Morgan fingerprint density at radius 3 is 2.78 bits per heavy atom. The lowest BCUT2D eigenvalue weighted by Crippen LogP contribution is -2.39. The van der Waals surface area contributed by atoms with Crippen molar-refractivity contribution in [3.63, 3.8) is 0 Å². The zero-order chi connectivity index (χ0) is 16.7. The van der Waals surface area contributed by atoms with Gasteiger partial charge in [-0.1, -0.05) is 6.92 Å². The summed E-state index contributed by atoms with van der Waals surface area (Å²) in [5, 5.41) is 8.03. The second kappa shape index (κ2) is 8.92. The van der Waals surface area contributed by atoms with Gasteiger partial charge in [-0.3, -0.25) is 4.99 Å². The van der Waals surface area contributed by atoms with Crippen molar-refractivity contribution in [1.82, 2.24) is 15.6 Å². The standard InChI is InChI=1S/C17H30N4S2/c1-5-14-13(3)23-15(21-14)8-10-19-16(18-6-2)20-12-17(4)9-7-11-22-17/h5-12H2,1-4H3,(H2,18,19,20).